The number of carbonyl (C=O) groups is 1. The molecule has 8 heteroatoms. The van der Waals surface area contributed by atoms with Crippen LogP contribution in [0.15, 0.2) is 23.1 Å². The van der Waals surface area contributed by atoms with Crippen molar-refractivity contribution in [2.24, 2.45) is 0 Å². The Morgan fingerprint density at radius 2 is 1.91 bits per heavy atom. The minimum Gasteiger partial charge on any atom is -0.325 e. The van der Waals surface area contributed by atoms with Crippen molar-refractivity contribution in [3.63, 3.8) is 0 Å². The van der Waals surface area contributed by atoms with E-state index in [0.717, 1.165) is 30.2 Å². The van der Waals surface area contributed by atoms with Crippen LogP contribution in [0.25, 0.3) is 0 Å². The number of nitrogens with one attached hydrogen (secondary N) is 1. The van der Waals surface area contributed by atoms with Crippen LogP contribution >= 0.6 is 11.6 Å². The molecule has 0 unspecified atom stereocenters. The van der Waals surface area contributed by atoms with Crippen molar-refractivity contribution in [2.75, 3.05) is 32.5 Å². The normalized spacial score (nSPS) is 17.4. The van der Waals surface area contributed by atoms with E-state index in [-0.39, 0.29) is 21.9 Å². The summed E-state index contributed by atoms with van der Waals surface area (Å²) in [6.07, 6.45) is 2.20. The maximum atomic E-state index is 12.3. The summed E-state index contributed by atoms with van der Waals surface area (Å²) in [5.41, 5.74) is 0.422. The second-order valence-electron chi connectivity index (χ2n) is 5.84. The fourth-order valence-electron chi connectivity index (χ4n) is 2.52. The van der Waals surface area contributed by atoms with Crippen LogP contribution in [0.2, 0.25) is 5.02 Å². The molecule has 1 N–H and O–H groups in total. The van der Waals surface area contributed by atoms with E-state index in [1.807, 2.05) is 6.92 Å². The second-order valence-corrected chi connectivity index (χ2v) is 8.37. The van der Waals surface area contributed by atoms with Gasteiger partial charge in [-0.15, -0.1) is 0 Å². The van der Waals surface area contributed by atoms with E-state index in [1.54, 1.807) is 6.07 Å². The fourth-order valence-corrected chi connectivity index (χ4v) is 3.91. The van der Waals surface area contributed by atoms with E-state index in [9.17, 15) is 13.2 Å². The van der Waals surface area contributed by atoms with Crippen LogP contribution in [-0.2, 0) is 14.8 Å². The fraction of sp³-hybridized carbons (Fsp3) is 0.533. The van der Waals surface area contributed by atoms with Crippen LogP contribution in [0.4, 0.5) is 5.69 Å². The summed E-state index contributed by atoms with van der Waals surface area (Å²) < 4.78 is 25.6. The lowest BCUT2D eigenvalue weighted by Crippen LogP contribution is -2.40. The number of benzene rings is 1. The zero-order chi connectivity index (χ0) is 17.2. The van der Waals surface area contributed by atoms with Crippen molar-refractivity contribution in [3.8, 4) is 0 Å². The standard InChI is InChI=1S/C15H22ClN3O3S/c1-11(19-8-4-5-9-19)15(20)17-12-6-7-13(16)14(10-12)23(21,22)18(2)3/h6-7,10-11H,4-5,8-9H2,1-3H3,(H,17,20)/t11-/m0/s1. The molecule has 23 heavy (non-hydrogen) atoms. The third-order valence-electron chi connectivity index (χ3n) is 4.03. The number of sulfonamides is 1. The third-order valence-corrected chi connectivity index (χ3v) is 6.32. The van der Waals surface area contributed by atoms with Gasteiger partial charge >= 0.3 is 0 Å². The highest BCUT2D eigenvalue weighted by Crippen LogP contribution is 2.27. The van der Waals surface area contributed by atoms with Gasteiger partial charge in [-0.2, -0.15) is 0 Å². The van der Waals surface area contributed by atoms with E-state index in [4.69, 9.17) is 11.6 Å². The molecule has 0 bridgehead atoms. The van der Waals surface area contributed by atoms with Gasteiger partial charge in [0.2, 0.25) is 15.9 Å². The zero-order valence-corrected chi connectivity index (χ0v) is 15.1. The molecule has 1 aliphatic rings. The minimum absolute atomic E-state index is 0.0178. The van der Waals surface area contributed by atoms with Crippen molar-refractivity contribution in [2.45, 2.75) is 30.7 Å². The zero-order valence-electron chi connectivity index (χ0n) is 13.5. The number of hydrogen-bond acceptors (Lipinski definition) is 4. The molecule has 1 atom stereocenters. The number of carbonyl (C=O) groups excluding carboxylic acids is 1. The number of anilines is 1. The molecule has 1 aromatic carbocycles. The van der Waals surface area contributed by atoms with Crippen LogP contribution in [0, 0.1) is 0 Å². The van der Waals surface area contributed by atoms with E-state index in [0.29, 0.717) is 5.69 Å². The van der Waals surface area contributed by atoms with Gasteiger partial charge in [-0.05, 0) is 51.1 Å². The van der Waals surface area contributed by atoms with Gasteiger partial charge in [0.05, 0.1) is 11.1 Å². The van der Waals surface area contributed by atoms with E-state index < -0.39 is 10.0 Å². The average molecular weight is 360 g/mol. The predicted molar refractivity (Wildman–Crippen MR) is 91.2 cm³/mol. The van der Waals surface area contributed by atoms with E-state index >= 15 is 0 Å². The Bertz CT molecular complexity index is 685. The average Bonchev–Trinajstić information content (AvgIpc) is 3.02. The topological polar surface area (TPSA) is 69.7 Å². The molecule has 128 valence electrons. The lowest BCUT2D eigenvalue weighted by atomic mass is 10.2. The van der Waals surface area contributed by atoms with Crippen LogP contribution < -0.4 is 5.32 Å². The second kappa shape index (κ2) is 7.17. The van der Waals surface area contributed by atoms with Crippen LogP contribution in [-0.4, -0.2) is 56.8 Å². The van der Waals surface area contributed by atoms with Gasteiger partial charge in [0, 0.05) is 19.8 Å². The van der Waals surface area contributed by atoms with Gasteiger partial charge in [-0.25, -0.2) is 12.7 Å². The molecule has 1 fully saturated rings. The van der Waals surface area contributed by atoms with E-state index in [2.05, 4.69) is 10.2 Å². The lowest BCUT2D eigenvalue weighted by molar-refractivity contribution is -0.120. The lowest BCUT2D eigenvalue weighted by Gasteiger charge is -2.23. The molecule has 6 nitrogen and oxygen atoms in total. The number of rotatable bonds is 5. The summed E-state index contributed by atoms with van der Waals surface area (Å²) in [5.74, 6) is -0.151. The minimum atomic E-state index is -3.66. The van der Waals surface area contributed by atoms with E-state index in [1.165, 1.54) is 26.2 Å². The molecular formula is C15H22ClN3O3S. The first kappa shape index (κ1) is 18.2. The number of nitrogens with zero attached hydrogens (tertiary/aromatic N) is 2. The Balaban J connectivity index is 2.19. The highest BCUT2D eigenvalue weighted by Gasteiger charge is 2.25. The molecule has 0 spiro atoms. The van der Waals surface area contributed by atoms with Crippen LogP contribution in [0.1, 0.15) is 19.8 Å². The molecule has 0 saturated carbocycles. The summed E-state index contributed by atoms with van der Waals surface area (Å²) in [5, 5.41) is 2.90. The monoisotopic (exact) mass is 359 g/mol. The van der Waals surface area contributed by atoms with Crippen molar-refractivity contribution in [3.05, 3.63) is 23.2 Å². The first-order chi connectivity index (χ1) is 10.7. The van der Waals surface area contributed by atoms with Crippen LogP contribution in [0.5, 0.6) is 0 Å². The highest BCUT2D eigenvalue weighted by molar-refractivity contribution is 7.89. The summed E-state index contributed by atoms with van der Waals surface area (Å²) in [6, 6.07) is 4.23. The van der Waals surface area contributed by atoms with Crippen molar-refractivity contribution < 1.29 is 13.2 Å². The molecular weight excluding hydrogens is 338 g/mol. The van der Waals surface area contributed by atoms with Gasteiger partial charge < -0.3 is 5.32 Å². The van der Waals surface area contributed by atoms with Gasteiger partial charge in [0.25, 0.3) is 0 Å². The predicted octanol–water partition coefficient (Wildman–Crippen LogP) is 2.01. The molecule has 0 aliphatic carbocycles. The number of amides is 1. The highest BCUT2D eigenvalue weighted by atomic mass is 35.5. The Kier molecular flexibility index (Phi) is 5.67. The molecule has 0 radical (unpaired) electrons. The Hall–Kier alpha value is -1.15. The van der Waals surface area contributed by atoms with Gasteiger partial charge in [0.15, 0.2) is 0 Å². The molecule has 2 rings (SSSR count). The smallest absolute Gasteiger partial charge is 0.244 e. The Morgan fingerprint density at radius 1 is 1.30 bits per heavy atom. The molecule has 1 aliphatic heterocycles. The third kappa shape index (κ3) is 4.03. The van der Waals surface area contributed by atoms with Crippen molar-refractivity contribution in [1.29, 1.82) is 0 Å². The van der Waals surface area contributed by atoms with Gasteiger partial charge in [-0.3, -0.25) is 9.69 Å². The summed E-state index contributed by atoms with van der Waals surface area (Å²) >= 11 is 6.00. The Labute approximate surface area is 142 Å². The summed E-state index contributed by atoms with van der Waals surface area (Å²) in [4.78, 5) is 14.4. The van der Waals surface area contributed by atoms with Crippen LogP contribution in [0.3, 0.4) is 0 Å². The first-order valence-corrected chi connectivity index (χ1v) is 9.32. The van der Waals surface area contributed by atoms with Crippen molar-refractivity contribution in [1.82, 2.24) is 9.21 Å². The maximum absolute atomic E-state index is 12.3. The molecule has 0 aromatic heterocycles. The molecule has 1 heterocycles. The quantitative estimate of drug-likeness (QED) is 0.873. The summed E-state index contributed by atoms with van der Waals surface area (Å²) in [6.45, 7) is 3.68. The largest absolute Gasteiger partial charge is 0.325 e. The van der Waals surface area contributed by atoms with Gasteiger partial charge in [-0.1, -0.05) is 11.6 Å². The SMILES string of the molecule is C[C@@H](C(=O)Nc1ccc(Cl)c(S(=O)(=O)N(C)C)c1)N1CCCC1. The molecule has 1 aromatic rings. The molecule has 1 amide bonds. The number of likely N-dealkylation sites (tertiary alicyclic amines) is 1. The molecule has 1 saturated heterocycles. The first-order valence-electron chi connectivity index (χ1n) is 7.50. The number of halogens is 1. The van der Waals surface area contributed by atoms with Gasteiger partial charge in [0.1, 0.15) is 4.90 Å². The Morgan fingerprint density at radius 3 is 2.48 bits per heavy atom. The number of hydrogen-bond donors (Lipinski definition) is 1. The van der Waals surface area contributed by atoms with Crippen molar-refractivity contribution >= 4 is 33.2 Å². The maximum Gasteiger partial charge on any atom is 0.244 e. The summed E-state index contributed by atoms with van der Waals surface area (Å²) in [7, 11) is -0.788.